The lowest BCUT2D eigenvalue weighted by molar-refractivity contribution is 0.0592. The Kier molecular flexibility index (Phi) is 6.35. The summed E-state index contributed by atoms with van der Waals surface area (Å²) in [6, 6.07) is 11.5. The molecule has 0 saturated carbocycles. The Labute approximate surface area is 218 Å². The minimum Gasteiger partial charge on any atom is -0.481 e. The van der Waals surface area contributed by atoms with Gasteiger partial charge in [-0.2, -0.15) is 0 Å². The number of rotatable bonds is 7. The number of aromatic nitrogens is 2. The number of β-amino-alcohol motifs (C(OH)–C–C–N with tert-alkyl or cyclic N) is 1. The Balaban J connectivity index is 1.06. The molecule has 2 atom stereocenters. The van der Waals surface area contributed by atoms with Crippen LogP contribution < -0.4 is 19.9 Å². The zero-order chi connectivity index (χ0) is 25.4. The highest BCUT2D eigenvalue weighted by Gasteiger charge is 2.38. The number of fused-ring (bicyclic) bond motifs is 2. The fraction of sp³-hybridized carbons (Fsp3) is 0.385. The van der Waals surface area contributed by atoms with Gasteiger partial charge in [0.2, 0.25) is 5.88 Å². The number of carbonyl (C=O) groups excluding carboxylic acids is 1. The van der Waals surface area contributed by atoms with E-state index in [1.54, 1.807) is 36.0 Å². The number of carbonyl (C=O) groups is 1. The first-order valence-electron chi connectivity index (χ1n) is 12.3. The molecule has 3 aromatic rings. The van der Waals surface area contributed by atoms with Crippen molar-refractivity contribution < 1.29 is 19.4 Å². The number of nitrogens with zero attached hydrogens (tertiary/aromatic N) is 5. The van der Waals surface area contributed by atoms with E-state index in [0.29, 0.717) is 45.0 Å². The number of anilines is 2. The lowest BCUT2D eigenvalue weighted by Crippen LogP contribution is -2.45. The molecule has 0 aliphatic carbocycles. The van der Waals surface area contributed by atoms with Crippen molar-refractivity contribution in [1.29, 1.82) is 0 Å². The van der Waals surface area contributed by atoms with Gasteiger partial charge in [-0.15, -0.1) is 11.8 Å². The Morgan fingerprint density at radius 3 is 3.11 bits per heavy atom. The standard InChI is InChI=1S/C26H28N6O4S/c1-35-23-5-3-19-24(30-23)21(6-8-28-19)31-10-7-26(34,16-31)15-27-13-18-14-32(25(33)36-18)17-2-4-22-20(12-17)29-9-11-37-22/h2-6,8-9,12,18,27,34H,7,10-11,13-16H2,1H3/t18?,26-/m1/s1. The minimum absolute atomic E-state index is 0.302. The number of nitrogens with one attached hydrogen (secondary N) is 1. The van der Waals surface area contributed by atoms with Crippen LogP contribution in [0.5, 0.6) is 5.88 Å². The van der Waals surface area contributed by atoms with Gasteiger partial charge < -0.3 is 24.8 Å². The van der Waals surface area contributed by atoms with Crippen molar-refractivity contribution in [3.05, 3.63) is 42.6 Å². The van der Waals surface area contributed by atoms with Crippen LogP contribution in [0.4, 0.5) is 21.9 Å². The first-order valence-corrected chi connectivity index (χ1v) is 13.3. The van der Waals surface area contributed by atoms with Gasteiger partial charge in [0.05, 0.1) is 36.1 Å². The maximum atomic E-state index is 12.5. The van der Waals surface area contributed by atoms with Crippen molar-refractivity contribution in [3.8, 4) is 5.88 Å². The molecular formula is C26H28N6O4S. The lowest BCUT2D eigenvalue weighted by atomic mass is 10.0. The van der Waals surface area contributed by atoms with E-state index in [-0.39, 0.29) is 12.2 Å². The third-order valence-electron chi connectivity index (χ3n) is 6.92. The Morgan fingerprint density at radius 1 is 1.30 bits per heavy atom. The number of thioether (sulfide) groups is 1. The number of methoxy groups -OCH3 is 1. The van der Waals surface area contributed by atoms with E-state index in [0.717, 1.165) is 38.7 Å². The molecule has 11 heteroatoms. The second-order valence-electron chi connectivity index (χ2n) is 9.47. The van der Waals surface area contributed by atoms with Crippen LogP contribution in [0.25, 0.3) is 11.0 Å². The van der Waals surface area contributed by atoms with Crippen LogP contribution in [-0.2, 0) is 4.74 Å². The average molecular weight is 521 g/mol. The number of hydrogen-bond acceptors (Lipinski definition) is 10. The number of ether oxygens (including phenoxy) is 2. The zero-order valence-electron chi connectivity index (χ0n) is 20.5. The molecule has 2 aromatic heterocycles. The van der Waals surface area contributed by atoms with E-state index < -0.39 is 5.60 Å². The molecule has 5 heterocycles. The molecule has 2 saturated heterocycles. The maximum Gasteiger partial charge on any atom is 0.414 e. The third kappa shape index (κ3) is 4.81. The van der Waals surface area contributed by atoms with Crippen molar-refractivity contribution in [3.63, 3.8) is 0 Å². The fourth-order valence-electron chi connectivity index (χ4n) is 5.03. The number of amides is 1. The monoisotopic (exact) mass is 520 g/mol. The van der Waals surface area contributed by atoms with Crippen molar-refractivity contribution >= 4 is 52.2 Å². The molecule has 2 fully saturated rings. The number of aliphatic hydroxyl groups is 1. The molecular weight excluding hydrogens is 492 g/mol. The van der Waals surface area contributed by atoms with Gasteiger partial charge in [-0.25, -0.2) is 9.78 Å². The predicted octanol–water partition coefficient (Wildman–Crippen LogP) is 3.00. The molecule has 0 radical (unpaired) electrons. The second-order valence-corrected chi connectivity index (χ2v) is 10.5. The Hall–Kier alpha value is -3.41. The smallest absolute Gasteiger partial charge is 0.414 e. The van der Waals surface area contributed by atoms with Gasteiger partial charge in [0.15, 0.2) is 0 Å². The summed E-state index contributed by atoms with van der Waals surface area (Å²) in [6.07, 6.45) is 3.58. The predicted molar refractivity (Wildman–Crippen MR) is 144 cm³/mol. The average Bonchev–Trinajstić information content (AvgIpc) is 3.50. The summed E-state index contributed by atoms with van der Waals surface area (Å²) in [5, 5.41) is 14.6. The first kappa shape index (κ1) is 24.0. The quantitative estimate of drug-likeness (QED) is 0.485. The molecule has 1 amide bonds. The van der Waals surface area contributed by atoms with Crippen molar-refractivity contribution in [2.24, 2.45) is 4.99 Å². The van der Waals surface area contributed by atoms with Gasteiger partial charge in [-0.05, 0) is 36.8 Å². The van der Waals surface area contributed by atoms with E-state index in [2.05, 4.69) is 25.2 Å². The Morgan fingerprint density at radius 2 is 2.22 bits per heavy atom. The molecule has 0 bridgehead atoms. The summed E-state index contributed by atoms with van der Waals surface area (Å²) in [5.74, 6) is 1.39. The topological polar surface area (TPSA) is 112 Å². The molecule has 3 aliphatic heterocycles. The van der Waals surface area contributed by atoms with Gasteiger partial charge in [0.1, 0.15) is 11.6 Å². The first-order chi connectivity index (χ1) is 18.0. The van der Waals surface area contributed by atoms with Gasteiger partial charge in [0, 0.05) is 61.0 Å². The highest BCUT2D eigenvalue weighted by atomic mass is 32.2. The maximum absolute atomic E-state index is 12.5. The molecule has 6 rings (SSSR count). The number of aliphatic imine (C=N–C) groups is 1. The molecule has 10 nitrogen and oxygen atoms in total. The number of benzene rings is 1. The highest BCUT2D eigenvalue weighted by molar-refractivity contribution is 8.00. The van der Waals surface area contributed by atoms with E-state index in [1.165, 1.54) is 0 Å². The van der Waals surface area contributed by atoms with Crippen LogP contribution in [0, 0.1) is 0 Å². The molecule has 1 aromatic carbocycles. The van der Waals surface area contributed by atoms with E-state index in [1.807, 2.05) is 36.5 Å². The molecule has 37 heavy (non-hydrogen) atoms. The largest absolute Gasteiger partial charge is 0.481 e. The van der Waals surface area contributed by atoms with Gasteiger partial charge >= 0.3 is 6.09 Å². The van der Waals surface area contributed by atoms with Crippen LogP contribution in [0.3, 0.4) is 0 Å². The number of hydrogen-bond donors (Lipinski definition) is 2. The van der Waals surface area contributed by atoms with Crippen LogP contribution in [0.15, 0.2) is 52.5 Å². The van der Waals surface area contributed by atoms with Gasteiger partial charge in [-0.3, -0.25) is 14.9 Å². The fourth-order valence-corrected chi connectivity index (χ4v) is 5.79. The van der Waals surface area contributed by atoms with Crippen LogP contribution in [-0.4, -0.2) is 84.7 Å². The minimum atomic E-state index is -0.912. The third-order valence-corrected chi connectivity index (χ3v) is 7.89. The molecule has 192 valence electrons. The zero-order valence-corrected chi connectivity index (χ0v) is 21.3. The molecule has 3 aliphatic rings. The summed E-state index contributed by atoms with van der Waals surface area (Å²) in [4.78, 5) is 30.9. The van der Waals surface area contributed by atoms with Crippen LogP contribution in [0.2, 0.25) is 0 Å². The molecule has 1 unspecified atom stereocenters. The Bertz CT molecular complexity index is 1370. The summed E-state index contributed by atoms with van der Waals surface area (Å²) in [5.41, 5.74) is 3.21. The van der Waals surface area contributed by atoms with Crippen LogP contribution >= 0.6 is 11.8 Å². The van der Waals surface area contributed by atoms with E-state index in [9.17, 15) is 9.90 Å². The van der Waals surface area contributed by atoms with Crippen molar-refractivity contribution in [2.45, 2.75) is 23.0 Å². The summed E-state index contributed by atoms with van der Waals surface area (Å²) < 4.78 is 10.9. The summed E-state index contributed by atoms with van der Waals surface area (Å²) in [7, 11) is 1.59. The SMILES string of the molecule is COc1ccc2nccc(N3CC[C@@](O)(CNCC4CN(c5ccc6c(c5)N=CCS6)C(=O)O4)C3)c2n1. The molecule has 0 spiro atoms. The lowest BCUT2D eigenvalue weighted by Gasteiger charge is -2.25. The van der Waals surface area contributed by atoms with Gasteiger partial charge in [-0.1, -0.05) is 0 Å². The van der Waals surface area contributed by atoms with Crippen molar-refractivity contribution in [1.82, 2.24) is 15.3 Å². The highest BCUT2D eigenvalue weighted by Crippen LogP contribution is 2.36. The van der Waals surface area contributed by atoms with Gasteiger partial charge in [0.25, 0.3) is 0 Å². The second kappa shape index (κ2) is 9.81. The number of cyclic esters (lactones) is 1. The summed E-state index contributed by atoms with van der Waals surface area (Å²) >= 11 is 1.73. The van der Waals surface area contributed by atoms with E-state index >= 15 is 0 Å². The normalized spacial score (nSPS) is 23.0. The van der Waals surface area contributed by atoms with Crippen LogP contribution in [0.1, 0.15) is 6.42 Å². The molecule has 2 N–H and O–H groups in total. The summed E-state index contributed by atoms with van der Waals surface area (Å²) in [6.45, 7) is 2.45. The van der Waals surface area contributed by atoms with Crippen molar-refractivity contribution in [2.75, 3.05) is 55.4 Å². The van der Waals surface area contributed by atoms with E-state index in [4.69, 9.17) is 9.47 Å². The number of pyridine rings is 2.